The fraction of sp³-hybridized carbons (Fsp3) is 0.545. The molecule has 0 rings (SSSR count). The molecule has 462 valence electrons. The van der Waals surface area contributed by atoms with E-state index in [0.717, 1.165) is 180 Å². The molecule has 83 heavy (non-hydrogen) atoms. The van der Waals surface area contributed by atoms with Crippen LogP contribution in [0.1, 0.15) is 252 Å². The van der Waals surface area contributed by atoms with Gasteiger partial charge in [0.05, 0.1) is 0 Å². The molecule has 0 saturated carbocycles. The summed E-state index contributed by atoms with van der Waals surface area (Å²) in [5.74, 6) is -0.991. The highest BCUT2D eigenvalue weighted by Gasteiger charge is 2.19. The normalized spacial score (nSPS) is 13.4. The van der Waals surface area contributed by atoms with Gasteiger partial charge < -0.3 is 14.2 Å². The van der Waals surface area contributed by atoms with E-state index in [0.29, 0.717) is 19.3 Å². The molecule has 1 unspecified atom stereocenters. The van der Waals surface area contributed by atoms with Crippen molar-refractivity contribution in [3.8, 4) is 0 Å². The monoisotopic (exact) mass is 1140 g/mol. The first-order valence-corrected chi connectivity index (χ1v) is 32.9. The second kappa shape index (κ2) is 68.7. The lowest BCUT2D eigenvalue weighted by molar-refractivity contribution is -0.167. The lowest BCUT2D eigenvalue weighted by Gasteiger charge is -2.18. The van der Waals surface area contributed by atoms with Gasteiger partial charge in [0.15, 0.2) is 6.10 Å². The molecule has 0 aliphatic carbocycles. The Labute approximate surface area is 509 Å². The van der Waals surface area contributed by atoms with Gasteiger partial charge in [0, 0.05) is 19.3 Å². The van der Waals surface area contributed by atoms with Crippen LogP contribution in [-0.2, 0) is 28.6 Å². The third kappa shape index (κ3) is 66.9. The Bertz CT molecular complexity index is 1990. The van der Waals surface area contributed by atoms with Crippen molar-refractivity contribution in [2.45, 2.75) is 258 Å². The Balaban J connectivity index is 4.38. The van der Waals surface area contributed by atoms with Crippen LogP contribution in [0.5, 0.6) is 0 Å². The van der Waals surface area contributed by atoms with Crippen molar-refractivity contribution in [3.05, 3.63) is 194 Å². The standard InChI is InChI=1S/C77H118O6/c1-4-7-10-13-16-19-22-24-26-28-30-31-32-33-34-35-36-37-38-39-40-41-42-43-44-45-47-48-50-52-55-58-61-64-67-70-76(79)82-73-74(72-81-75(78)69-66-63-60-57-54-21-18-15-12-9-6-3)83-77(80)71-68-65-62-59-56-53-51-49-46-29-27-25-23-20-17-14-11-8-5-2/h7-8,10-11,15-20,24-27,30-31,33-34,36-37,39-40,42-43,45-47,49-50,52-53,56,74H,4-6,9,12-14,21-23,28-29,32,35,38,41,44,48,51,54-55,57-73H2,1-3H3/b10-7-,11-8-,18-15-,19-16-,20-17-,26-24-,27-25-,31-30-,34-33-,37-36-,40-39-,43-42-,47-45-,49-46-,52-50-,56-53-. The molecule has 0 radical (unpaired) electrons. The molecule has 0 saturated heterocycles. The molecule has 0 N–H and O–H groups in total. The van der Waals surface area contributed by atoms with Gasteiger partial charge in [-0.2, -0.15) is 0 Å². The fourth-order valence-electron chi connectivity index (χ4n) is 8.18. The van der Waals surface area contributed by atoms with Gasteiger partial charge in [-0.25, -0.2) is 0 Å². The summed E-state index contributed by atoms with van der Waals surface area (Å²) in [5, 5.41) is 0. The molecule has 0 amide bonds. The molecule has 0 bridgehead atoms. The zero-order chi connectivity index (χ0) is 59.9. The molecule has 0 aromatic rings. The number of carbonyl (C=O) groups is 3. The largest absolute Gasteiger partial charge is 0.462 e. The van der Waals surface area contributed by atoms with Gasteiger partial charge in [0.1, 0.15) is 13.2 Å². The third-order valence-electron chi connectivity index (χ3n) is 13.1. The summed E-state index contributed by atoms with van der Waals surface area (Å²) in [5.41, 5.74) is 0. The van der Waals surface area contributed by atoms with Gasteiger partial charge in [-0.15, -0.1) is 0 Å². The number of rotatable bonds is 57. The van der Waals surface area contributed by atoms with Crippen molar-refractivity contribution < 1.29 is 28.6 Å². The molecule has 0 aromatic heterocycles. The van der Waals surface area contributed by atoms with E-state index in [-0.39, 0.29) is 37.5 Å². The summed E-state index contributed by atoms with van der Waals surface area (Å²) in [6, 6.07) is 0. The topological polar surface area (TPSA) is 78.9 Å². The van der Waals surface area contributed by atoms with Crippen molar-refractivity contribution in [1.82, 2.24) is 0 Å². The quantitative estimate of drug-likeness (QED) is 0.0261. The molecular formula is C77H118O6. The molecule has 6 heteroatoms. The summed E-state index contributed by atoms with van der Waals surface area (Å²) in [7, 11) is 0. The number of unbranched alkanes of at least 4 members (excludes halogenated alkanes) is 14. The van der Waals surface area contributed by atoms with Crippen molar-refractivity contribution in [2.75, 3.05) is 13.2 Å². The first-order valence-electron chi connectivity index (χ1n) is 32.9. The van der Waals surface area contributed by atoms with Crippen LogP contribution in [0.3, 0.4) is 0 Å². The van der Waals surface area contributed by atoms with Gasteiger partial charge in [-0.3, -0.25) is 14.4 Å². The zero-order valence-electron chi connectivity index (χ0n) is 52.9. The highest BCUT2D eigenvalue weighted by molar-refractivity contribution is 5.71. The van der Waals surface area contributed by atoms with Crippen LogP contribution >= 0.6 is 0 Å². The molecule has 0 fully saturated rings. The second-order valence-corrected chi connectivity index (χ2v) is 20.9. The average molecular weight is 1140 g/mol. The van der Waals surface area contributed by atoms with Crippen LogP contribution in [0, 0.1) is 0 Å². The van der Waals surface area contributed by atoms with Crippen LogP contribution in [0.25, 0.3) is 0 Å². The van der Waals surface area contributed by atoms with E-state index >= 15 is 0 Å². The Hall–Kier alpha value is -5.75. The van der Waals surface area contributed by atoms with E-state index < -0.39 is 6.10 Å². The molecule has 0 aromatic carbocycles. The highest BCUT2D eigenvalue weighted by Crippen LogP contribution is 2.13. The number of hydrogen-bond donors (Lipinski definition) is 0. The minimum absolute atomic E-state index is 0.113. The minimum atomic E-state index is -0.821. The predicted octanol–water partition coefficient (Wildman–Crippen LogP) is 23.0. The lowest BCUT2D eigenvalue weighted by Crippen LogP contribution is -2.30. The smallest absolute Gasteiger partial charge is 0.306 e. The van der Waals surface area contributed by atoms with Crippen molar-refractivity contribution >= 4 is 17.9 Å². The van der Waals surface area contributed by atoms with Gasteiger partial charge in [-0.1, -0.05) is 267 Å². The Morgan fingerprint density at radius 2 is 0.470 bits per heavy atom. The Morgan fingerprint density at radius 1 is 0.253 bits per heavy atom. The summed E-state index contributed by atoms with van der Waals surface area (Å²) >= 11 is 0. The van der Waals surface area contributed by atoms with Gasteiger partial charge in [0.2, 0.25) is 0 Å². The molecule has 0 heterocycles. The van der Waals surface area contributed by atoms with Gasteiger partial charge >= 0.3 is 17.9 Å². The Morgan fingerprint density at radius 3 is 0.759 bits per heavy atom. The van der Waals surface area contributed by atoms with Crippen molar-refractivity contribution in [2.24, 2.45) is 0 Å². The maximum Gasteiger partial charge on any atom is 0.306 e. The minimum Gasteiger partial charge on any atom is -0.462 e. The molecule has 0 aliphatic rings. The summed E-state index contributed by atoms with van der Waals surface area (Å²) < 4.78 is 16.8. The number of carbonyl (C=O) groups excluding carboxylic acids is 3. The molecule has 6 nitrogen and oxygen atoms in total. The fourth-order valence-corrected chi connectivity index (χ4v) is 8.18. The van der Waals surface area contributed by atoms with Crippen LogP contribution in [0.4, 0.5) is 0 Å². The first-order chi connectivity index (χ1) is 41.0. The van der Waals surface area contributed by atoms with Crippen molar-refractivity contribution in [1.29, 1.82) is 0 Å². The van der Waals surface area contributed by atoms with E-state index in [2.05, 4.69) is 215 Å². The first kappa shape index (κ1) is 77.2. The van der Waals surface area contributed by atoms with Crippen LogP contribution in [-0.4, -0.2) is 37.2 Å². The van der Waals surface area contributed by atoms with Crippen molar-refractivity contribution in [3.63, 3.8) is 0 Å². The highest BCUT2D eigenvalue weighted by atomic mass is 16.6. The second-order valence-electron chi connectivity index (χ2n) is 20.9. The van der Waals surface area contributed by atoms with Gasteiger partial charge in [0.25, 0.3) is 0 Å². The summed E-state index contributed by atoms with van der Waals surface area (Å²) in [4.78, 5) is 38.2. The van der Waals surface area contributed by atoms with Crippen LogP contribution in [0.15, 0.2) is 194 Å². The van der Waals surface area contributed by atoms with E-state index in [1.165, 1.54) is 25.7 Å². The Kier molecular flexibility index (Phi) is 64.0. The van der Waals surface area contributed by atoms with E-state index in [1.807, 2.05) is 0 Å². The maximum atomic E-state index is 12.9. The molecule has 1 atom stereocenters. The molecule has 0 aliphatic heterocycles. The molecular weight excluding hydrogens is 1020 g/mol. The number of hydrogen-bond acceptors (Lipinski definition) is 6. The SMILES string of the molecule is CC/C=C\C/C=C\C/C=C\C/C=C\C/C=C\C/C=C\C/C=C\C/C=C\C/C=C\C/C=C\CCCCCCC(=O)OCC(COC(=O)CCCCCCC/C=C\CCCC)OC(=O)CCCCC/C=C\C/C=C\C/C=C\C/C=C\C/C=C\CC. The summed E-state index contributed by atoms with van der Waals surface area (Å²) in [6.07, 6.45) is 104. The van der Waals surface area contributed by atoms with Crippen LogP contribution in [0.2, 0.25) is 0 Å². The third-order valence-corrected chi connectivity index (χ3v) is 13.1. The molecule has 0 spiro atoms. The maximum absolute atomic E-state index is 12.9. The average Bonchev–Trinajstić information content (AvgIpc) is 3.48. The van der Waals surface area contributed by atoms with E-state index in [1.54, 1.807) is 0 Å². The van der Waals surface area contributed by atoms with E-state index in [9.17, 15) is 14.4 Å². The van der Waals surface area contributed by atoms with E-state index in [4.69, 9.17) is 14.2 Å². The summed E-state index contributed by atoms with van der Waals surface area (Å²) in [6.45, 7) is 6.30. The lowest BCUT2D eigenvalue weighted by atomic mass is 10.1. The van der Waals surface area contributed by atoms with Gasteiger partial charge in [-0.05, 0) is 161 Å². The number of esters is 3. The predicted molar refractivity (Wildman–Crippen MR) is 361 cm³/mol. The zero-order valence-corrected chi connectivity index (χ0v) is 52.9. The number of allylic oxidation sites excluding steroid dienone is 32. The number of ether oxygens (including phenoxy) is 3. The van der Waals surface area contributed by atoms with Crippen LogP contribution < -0.4 is 0 Å².